The van der Waals surface area contributed by atoms with Crippen molar-refractivity contribution in [3.05, 3.63) is 84.6 Å². The van der Waals surface area contributed by atoms with Gasteiger partial charge in [0.2, 0.25) is 5.75 Å². The third-order valence-electron chi connectivity index (χ3n) is 5.66. The number of ether oxygens (including phenoxy) is 4. The highest BCUT2D eigenvalue weighted by Crippen LogP contribution is 2.42. The first-order valence-corrected chi connectivity index (χ1v) is 12.5. The van der Waals surface area contributed by atoms with Crippen LogP contribution in [-0.2, 0) is 10.0 Å². The lowest BCUT2D eigenvalue weighted by atomic mass is 10.1. The van der Waals surface area contributed by atoms with Crippen LogP contribution in [0.1, 0.15) is 10.4 Å². The van der Waals surface area contributed by atoms with Gasteiger partial charge >= 0.3 is 0 Å². The van der Waals surface area contributed by atoms with E-state index in [1.165, 1.54) is 52.8 Å². The third kappa shape index (κ3) is 5.10. The maximum atomic E-state index is 13.8. The molecular weight excluding hydrogens is 496 g/mol. The Kier molecular flexibility index (Phi) is 7.40. The number of rotatable bonds is 9. The summed E-state index contributed by atoms with van der Waals surface area (Å²) in [7, 11) is 1.79. The Bertz CT molecular complexity index is 1490. The molecule has 1 heterocycles. The van der Waals surface area contributed by atoms with E-state index in [2.05, 4.69) is 5.32 Å². The van der Waals surface area contributed by atoms with Crippen LogP contribution in [0.3, 0.4) is 0 Å². The number of hydrogen-bond acceptors (Lipinski definition) is 7. The van der Waals surface area contributed by atoms with E-state index in [0.717, 1.165) is 3.97 Å². The summed E-state index contributed by atoms with van der Waals surface area (Å²) in [5.41, 5.74) is 1.39. The fourth-order valence-electron chi connectivity index (χ4n) is 3.79. The monoisotopic (exact) mass is 522 g/mol. The van der Waals surface area contributed by atoms with Gasteiger partial charge in [-0.2, -0.15) is 0 Å². The van der Waals surface area contributed by atoms with E-state index in [4.69, 9.17) is 18.9 Å². The number of amides is 1. The van der Waals surface area contributed by atoms with E-state index in [-0.39, 0.29) is 16.2 Å². The predicted octanol–water partition coefficient (Wildman–Crippen LogP) is 4.68. The molecule has 4 rings (SSSR count). The van der Waals surface area contributed by atoms with Gasteiger partial charge in [0.05, 0.1) is 44.6 Å². The molecule has 10 heteroatoms. The van der Waals surface area contributed by atoms with E-state index in [1.54, 1.807) is 48.5 Å². The molecule has 3 aromatic carbocycles. The highest BCUT2D eigenvalue weighted by molar-refractivity contribution is 7.90. The SMILES string of the molecule is COc1ccc(S(=O)(=O)n2cc(C(=O)Nc3ccccc3)cc2-c2cc(OC)c(OC)c(OC)c2)cc1. The van der Waals surface area contributed by atoms with Crippen LogP contribution in [0.15, 0.2) is 83.9 Å². The van der Waals surface area contributed by atoms with Crippen LogP contribution < -0.4 is 24.3 Å². The fourth-order valence-corrected chi connectivity index (χ4v) is 5.17. The lowest BCUT2D eigenvalue weighted by molar-refractivity contribution is 0.102. The smallest absolute Gasteiger partial charge is 0.268 e. The molecule has 192 valence electrons. The van der Waals surface area contributed by atoms with Gasteiger partial charge in [-0.15, -0.1) is 0 Å². The second-order valence-electron chi connectivity index (χ2n) is 7.82. The zero-order chi connectivity index (χ0) is 26.6. The quantitative estimate of drug-likeness (QED) is 0.340. The number of nitrogens with one attached hydrogen (secondary N) is 1. The number of benzene rings is 3. The summed E-state index contributed by atoms with van der Waals surface area (Å²) < 4.78 is 50.0. The number of nitrogens with zero attached hydrogens (tertiary/aromatic N) is 1. The summed E-state index contributed by atoms with van der Waals surface area (Å²) >= 11 is 0. The molecule has 0 fully saturated rings. The Morgan fingerprint density at radius 1 is 0.784 bits per heavy atom. The van der Waals surface area contributed by atoms with Crippen LogP contribution in [-0.4, -0.2) is 46.7 Å². The first-order chi connectivity index (χ1) is 17.8. The number of carbonyl (C=O) groups excluding carboxylic acids is 1. The highest BCUT2D eigenvalue weighted by Gasteiger charge is 2.26. The van der Waals surface area contributed by atoms with Gasteiger partial charge in [-0.3, -0.25) is 4.79 Å². The molecule has 0 saturated heterocycles. The number of aromatic nitrogens is 1. The van der Waals surface area contributed by atoms with E-state index in [9.17, 15) is 13.2 Å². The summed E-state index contributed by atoms with van der Waals surface area (Å²) in [4.78, 5) is 13.1. The van der Waals surface area contributed by atoms with Crippen LogP contribution in [0.5, 0.6) is 23.0 Å². The standard InChI is InChI=1S/C27H26N2O7S/c1-33-21-10-12-22(13-11-21)37(31,32)29-17-19(27(30)28-20-8-6-5-7-9-20)14-23(29)18-15-24(34-2)26(36-4)25(16-18)35-3/h5-17H,1-4H3,(H,28,30). The third-order valence-corrected chi connectivity index (χ3v) is 7.34. The van der Waals surface area contributed by atoms with Crippen LogP contribution in [0.2, 0.25) is 0 Å². The van der Waals surface area contributed by atoms with Crippen molar-refractivity contribution in [2.24, 2.45) is 0 Å². The predicted molar refractivity (Wildman–Crippen MR) is 139 cm³/mol. The molecule has 0 radical (unpaired) electrons. The molecule has 0 spiro atoms. The van der Waals surface area contributed by atoms with Crippen molar-refractivity contribution in [1.82, 2.24) is 3.97 Å². The van der Waals surface area contributed by atoms with Gasteiger partial charge < -0.3 is 24.3 Å². The summed E-state index contributed by atoms with van der Waals surface area (Å²) in [6.45, 7) is 0. The minimum absolute atomic E-state index is 0.0209. The van der Waals surface area contributed by atoms with Gasteiger partial charge in [0.15, 0.2) is 11.5 Å². The minimum Gasteiger partial charge on any atom is -0.497 e. The molecule has 0 aliphatic rings. The molecule has 4 aromatic rings. The number of carbonyl (C=O) groups is 1. The van der Waals surface area contributed by atoms with Gasteiger partial charge in [-0.25, -0.2) is 12.4 Å². The molecule has 0 bridgehead atoms. The molecule has 1 aromatic heterocycles. The van der Waals surface area contributed by atoms with Crippen LogP contribution in [0, 0.1) is 0 Å². The second-order valence-corrected chi connectivity index (χ2v) is 9.64. The average Bonchev–Trinajstić information content (AvgIpc) is 3.39. The lowest BCUT2D eigenvalue weighted by Gasteiger charge is -2.16. The Labute approximate surface area is 215 Å². The van der Waals surface area contributed by atoms with Crippen molar-refractivity contribution >= 4 is 21.6 Å². The van der Waals surface area contributed by atoms with Gasteiger partial charge in [0.1, 0.15) is 5.75 Å². The van der Waals surface area contributed by atoms with Crippen molar-refractivity contribution in [3.8, 4) is 34.3 Å². The summed E-state index contributed by atoms with van der Waals surface area (Å²) in [6, 6.07) is 19.6. The number of anilines is 1. The highest BCUT2D eigenvalue weighted by atomic mass is 32.2. The normalized spacial score (nSPS) is 11.0. The van der Waals surface area contributed by atoms with Crippen LogP contribution >= 0.6 is 0 Å². The zero-order valence-corrected chi connectivity index (χ0v) is 21.5. The molecule has 1 amide bonds. The topological polar surface area (TPSA) is 105 Å². The molecule has 0 aliphatic heterocycles. The second kappa shape index (κ2) is 10.7. The summed E-state index contributed by atoms with van der Waals surface area (Å²) in [5, 5.41) is 2.79. The van der Waals surface area contributed by atoms with Gasteiger partial charge in [-0.1, -0.05) is 18.2 Å². The Hall–Kier alpha value is -4.44. The van der Waals surface area contributed by atoms with Crippen LogP contribution in [0.25, 0.3) is 11.3 Å². The van der Waals surface area contributed by atoms with E-state index < -0.39 is 15.9 Å². The van der Waals surface area contributed by atoms with Gasteiger partial charge in [0, 0.05) is 17.4 Å². The van der Waals surface area contributed by atoms with E-state index >= 15 is 0 Å². The van der Waals surface area contributed by atoms with E-state index in [1.807, 2.05) is 6.07 Å². The molecule has 0 unspecified atom stereocenters. The van der Waals surface area contributed by atoms with Crippen molar-refractivity contribution in [3.63, 3.8) is 0 Å². The van der Waals surface area contributed by atoms with Crippen LogP contribution in [0.4, 0.5) is 5.69 Å². The molecule has 0 saturated carbocycles. The molecule has 9 nitrogen and oxygen atoms in total. The molecule has 0 atom stereocenters. The maximum absolute atomic E-state index is 13.8. The maximum Gasteiger partial charge on any atom is 0.268 e. The van der Waals surface area contributed by atoms with Crippen molar-refractivity contribution in [2.75, 3.05) is 33.8 Å². The van der Waals surface area contributed by atoms with Crippen molar-refractivity contribution < 1.29 is 32.2 Å². The molecular formula is C27H26N2O7S. The minimum atomic E-state index is -4.11. The van der Waals surface area contributed by atoms with Crippen molar-refractivity contribution in [2.45, 2.75) is 4.90 Å². The Balaban J connectivity index is 1.89. The number of hydrogen-bond donors (Lipinski definition) is 1. The average molecular weight is 523 g/mol. The Morgan fingerprint density at radius 3 is 1.95 bits per heavy atom. The largest absolute Gasteiger partial charge is 0.497 e. The van der Waals surface area contributed by atoms with Gasteiger partial charge in [0.25, 0.3) is 15.9 Å². The first kappa shape index (κ1) is 25.6. The Morgan fingerprint density at radius 2 is 1.41 bits per heavy atom. The molecule has 37 heavy (non-hydrogen) atoms. The van der Waals surface area contributed by atoms with E-state index in [0.29, 0.717) is 34.2 Å². The molecule has 1 N–H and O–H groups in total. The number of para-hydroxylation sites is 1. The summed E-state index contributed by atoms with van der Waals surface area (Å²) in [6.07, 6.45) is 1.29. The van der Waals surface area contributed by atoms with Crippen molar-refractivity contribution in [1.29, 1.82) is 0 Å². The lowest BCUT2D eigenvalue weighted by Crippen LogP contribution is -2.14. The fraction of sp³-hybridized carbons (Fsp3) is 0.148. The summed E-state index contributed by atoms with van der Waals surface area (Å²) in [5.74, 6) is 1.07. The first-order valence-electron chi connectivity index (χ1n) is 11.1. The molecule has 0 aliphatic carbocycles. The number of methoxy groups -OCH3 is 4. The zero-order valence-electron chi connectivity index (χ0n) is 20.7. The van der Waals surface area contributed by atoms with Gasteiger partial charge in [-0.05, 0) is 54.6 Å².